The molecule has 0 aliphatic carbocycles. The summed E-state index contributed by atoms with van der Waals surface area (Å²) in [5, 5.41) is 2.62. The maximum atomic E-state index is 2.28. The molecule has 0 bridgehead atoms. The maximum absolute atomic E-state index is 2.28. The highest BCUT2D eigenvalue weighted by Crippen LogP contribution is 2.27. The molecule has 2 heteroatoms. The number of thioether (sulfide) groups is 2. The van der Waals surface area contributed by atoms with E-state index in [2.05, 4.69) is 73.0 Å². The zero-order chi connectivity index (χ0) is 13.8. The van der Waals surface area contributed by atoms with Crippen LogP contribution in [0.5, 0.6) is 0 Å². The minimum Gasteiger partial charge on any atom is -0.130 e. The third-order valence-electron chi connectivity index (χ3n) is 3.26. The Morgan fingerprint density at radius 2 is 1.60 bits per heavy atom. The molecule has 0 radical (unpaired) electrons. The molecule has 0 spiro atoms. The van der Waals surface area contributed by atoms with Crippen LogP contribution < -0.4 is 0 Å². The highest BCUT2D eigenvalue weighted by atomic mass is 32.2. The molecule has 0 fully saturated rings. The van der Waals surface area contributed by atoms with E-state index in [9.17, 15) is 0 Å². The van der Waals surface area contributed by atoms with Crippen LogP contribution >= 0.6 is 23.5 Å². The Balaban J connectivity index is 1.76. The number of hydrogen-bond donors (Lipinski definition) is 0. The first kappa shape index (κ1) is 13.6. The molecule has 100 valence electrons. The van der Waals surface area contributed by atoms with Gasteiger partial charge in [0.15, 0.2) is 0 Å². The van der Waals surface area contributed by atoms with Gasteiger partial charge in [0.25, 0.3) is 0 Å². The van der Waals surface area contributed by atoms with Crippen molar-refractivity contribution in [1.29, 1.82) is 0 Å². The summed E-state index contributed by atoms with van der Waals surface area (Å²) in [6.07, 6.45) is 2.12. The molecule has 20 heavy (non-hydrogen) atoms. The molecule has 0 aliphatic heterocycles. The van der Waals surface area contributed by atoms with E-state index in [1.54, 1.807) is 11.8 Å². The zero-order valence-electron chi connectivity index (χ0n) is 11.4. The highest BCUT2D eigenvalue weighted by molar-refractivity contribution is 7.99. The van der Waals surface area contributed by atoms with Crippen LogP contribution in [0.15, 0.2) is 76.5 Å². The molecule has 3 aromatic carbocycles. The second-order valence-electron chi connectivity index (χ2n) is 4.65. The Bertz CT molecular complexity index is 719. The quantitative estimate of drug-likeness (QED) is 0.553. The predicted molar refractivity (Wildman–Crippen MR) is 91.7 cm³/mol. The largest absolute Gasteiger partial charge is 0.130 e. The van der Waals surface area contributed by atoms with Crippen LogP contribution in [0.25, 0.3) is 10.8 Å². The van der Waals surface area contributed by atoms with Crippen LogP contribution in [0, 0.1) is 0 Å². The van der Waals surface area contributed by atoms with Crippen LogP contribution in [0.4, 0.5) is 0 Å². The van der Waals surface area contributed by atoms with E-state index >= 15 is 0 Å². The van der Waals surface area contributed by atoms with Crippen molar-refractivity contribution in [3.63, 3.8) is 0 Å². The van der Waals surface area contributed by atoms with Gasteiger partial charge in [0, 0.05) is 15.5 Å². The van der Waals surface area contributed by atoms with E-state index in [0.29, 0.717) is 0 Å². The lowest BCUT2D eigenvalue weighted by Gasteiger charge is -2.05. The summed E-state index contributed by atoms with van der Waals surface area (Å²) in [7, 11) is 0. The summed E-state index contributed by atoms with van der Waals surface area (Å²) in [6, 6.07) is 24.0. The average Bonchev–Trinajstić information content (AvgIpc) is 2.53. The average molecular weight is 296 g/mol. The van der Waals surface area contributed by atoms with Gasteiger partial charge in [-0.3, -0.25) is 0 Å². The summed E-state index contributed by atoms with van der Waals surface area (Å²) < 4.78 is 0. The molecule has 0 unspecified atom stereocenters. The Morgan fingerprint density at radius 1 is 0.750 bits per heavy atom. The van der Waals surface area contributed by atoms with Gasteiger partial charge >= 0.3 is 0 Å². The van der Waals surface area contributed by atoms with E-state index in [1.807, 2.05) is 11.8 Å². The van der Waals surface area contributed by atoms with Gasteiger partial charge in [0.2, 0.25) is 0 Å². The normalized spacial score (nSPS) is 10.8. The number of rotatable bonds is 4. The molecule has 0 N–H and O–H groups in total. The lowest BCUT2D eigenvalue weighted by atomic mass is 10.1. The fraction of sp³-hybridized carbons (Fsp3) is 0.111. The Morgan fingerprint density at radius 3 is 2.45 bits per heavy atom. The van der Waals surface area contributed by atoms with Gasteiger partial charge in [-0.1, -0.05) is 42.5 Å². The van der Waals surface area contributed by atoms with E-state index in [0.717, 1.165) is 5.75 Å². The summed E-state index contributed by atoms with van der Waals surface area (Å²) in [5.74, 6) is 1.02. The van der Waals surface area contributed by atoms with Crippen LogP contribution in [-0.4, -0.2) is 6.26 Å². The first-order valence-corrected chi connectivity index (χ1v) is 8.81. The molecule has 0 aromatic heterocycles. The standard InChI is InChI=1S/C18H16S2/c1-19-17-8-4-5-14(11-17)13-20-18-10-9-15-6-2-3-7-16(15)12-18/h2-12H,13H2,1H3. The molecule has 0 saturated heterocycles. The first-order valence-electron chi connectivity index (χ1n) is 6.60. The van der Waals surface area contributed by atoms with Crippen LogP contribution in [0.1, 0.15) is 5.56 Å². The second kappa shape index (κ2) is 6.38. The lowest BCUT2D eigenvalue weighted by molar-refractivity contribution is 1.32. The summed E-state index contributed by atoms with van der Waals surface area (Å²) in [6.45, 7) is 0. The van der Waals surface area contributed by atoms with Gasteiger partial charge in [0.05, 0.1) is 0 Å². The van der Waals surface area contributed by atoms with Crippen molar-refractivity contribution in [3.8, 4) is 0 Å². The SMILES string of the molecule is CSc1cccc(CSc2ccc3ccccc3c2)c1. The van der Waals surface area contributed by atoms with Crippen molar-refractivity contribution in [3.05, 3.63) is 72.3 Å². The van der Waals surface area contributed by atoms with E-state index in [4.69, 9.17) is 0 Å². The molecule has 0 aliphatic rings. The van der Waals surface area contributed by atoms with Gasteiger partial charge in [-0.25, -0.2) is 0 Å². The fourth-order valence-corrected chi connectivity index (χ4v) is 3.56. The molecule has 0 heterocycles. The number of fused-ring (bicyclic) bond motifs is 1. The van der Waals surface area contributed by atoms with Crippen molar-refractivity contribution in [2.45, 2.75) is 15.5 Å². The van der Waals surface area contributed by atoms with Crippen molar-refractivity contribution in [2.24, 2.45) is 0 Å². The smallest absolute Gasteiger partial charge is 0.0232 e. The molecule has 0 saturated carbocycles. The van der Waals surface area contributed by atoms with Crippen LogP contribution in [0.2, 0.25) is 0 Å². The predicted octanol–water partition coefficient (Wildman–Crippen LogP) is 5.85. The number of benzene rings is 3. The molecular weight excluding hydrogens is 280 g/mol. The van der Waals surface area contributed by atoms with Gasteiger partial charge in [-0.2, -0.15) is 0 Å². The van der Waals surface area contributed by atoms with Gasteiger partial charge in [0.1, 0.15) is 0 Å². The van der Waals surface area contributed by atoms with E-state index < -0.39 is 0 Å². The molecule has 0 atom stereocenters. The van der Waals surface area contributed by atoms with Crippen LogP contribution in [0.3, 0.4) is 0 Å². The van der Waals surface area contributed by atoms with Crippen molar-refractivity contribution >= 4 is 34.3 Å². The molecule has 3 aromatic rings. The third kappa shape index (κ3) is 3.20. The minimum absolute atomic E-state index is 1.02. The van der Waals surface area contributed by atoms with Gasteiger partial charge < -0.3 is 0 Å². The topological polar surface area (TPSA) is 0 Å². The monoisotopic (exact) mass is 296 g/mol. The van der Waals surface area contributed by atoms with E-state index in [-0.39, 0.29) is 0 Å². The Kier molecular flexibility index (Phi) is 4.34. The van der Waals surface area contributed by atoms with Gasteiger partial charge in [-0.15, -0.1) is 23.5 Å². The molecule has 0 nitrogen and oxygen atoms in total. The lowest BCUT2D eigenvalue weighted by Crippen LogP contribution is -1.82. The third-order valence-corrected chi connectivity index (χ3v) is 5.05. The van der Waals surface area contributed by atoms with Gasteiger partial charge in [-0.05, 0) is 46.9 Å². The molecule has 3 rings (SSSR count). The fourth-order valence-electron chi connectivity index (χ4n) is 2.19. The Labute approximate surface area is 128 Å². The Hall–Kier alpha value is -1.38. The summed E-state index contributed by atoms with van der Waals surface area (Å²) >= 11 is 3.70. The van der Waals surface area contributed by atoms with Crippen molar-refractivity contribution in [2.75, 3.05) is 6.26 Å². The second-order valence-corrected chi connectivity index (χ2v) is 6.58. The zero-order valence-corrected chi connectivity index (χ0v) is 13.0. The molecular formula is C18H16S2. The molecule has 0 amide bonds. The van der Waals surface area contributed by atoms with Crippen molar-refractivity contribution < 1.29 is 0 Å². The maximum Gasteiger partial charge on any atom is 0.0232 e. The number of hydrogen-bond acceptors (Lipinski definition) is 2. The first-order chi connectivity index (χ1) is 9.85. The summed E-state index contributed by atoms with van der Waals surface area (Å²) in [5.41, 5.74) is 1.38. The highest BCUT2D eigenvalue weighted by Gasteiger charge is 1.99. The van der Waals surface area contributed by atoms with E-state index in [1.165, 1.54) is 26.1 Å². The van der Waals surface area contributed by atoms with Crippen LogP contribution in [-0.2, 0) is 5.75 Å². The minimum atomic E-state index is 1.02. The van der Waals surface area contributed by atoms with Crippen molar-refractivity contribution in [1.82, 2.24) is 0 Å². The summed E-state index contributed by atoms with van der Waals surface area (Å²) in [4.78, 5) is 2.67.